The van der Waals surface area contributed by atoms with Crippen LogP contribution < -0.4 is 0 Å². The van der Waals surface area contributed by atoms with E-state index in [2.05, 4.69) is 0 Å². The lowest BCUT2D eigenvalue weighted by Crippen LogP contribution is -2.33. The largest absolute Gasteiger partial charge is 0.290 e. The van der Waals surface area contributed by atoms with Gasteiger partial charge in [-0.3, -0.25) is 24.1 Å². The van der Waals surface area contributed by atoms with Crippen LogP contribution in [-0.2, 0) is 19.2 Å². The van der Waals surface area contributed by atoms with Crippen LogP contribution in [0.1, 0.15) is 12.8 Å². The molecule has 2 amide bonds. The van der Waals surface area contributed by atoms with Crippen molar-refractivity contribution in [2.45, 2.75) is 12.8 Å². The first-order valence-electron chi connectivity index (χ1n) is 3.99. The Bertz CT molecular complexity index is 273. The Kier molecular flexibility index (Phi) is 3.82. The third-order valence-electron chi connectivity index (χ3n) is 1.73. The van der Waals surface area contributed by atoms with E-state index in [9.17, 15) is 19.2 Å². The lowest BCUT2D eigenvalue weighted by molar-refractivity contribution is -0.140. The van der Waals surface area contributed by atoms with Crippen molar-refractivity contribution in [1.29, 1.82) is 0 Å². The van der Waals surface area contributed by atoms with Crippen LogP contribution in [0.2, 0.25) is 0 Å². The van der Waals surface area contributed by atoms with E-state index in [1.807, 2.05) is 0 Å². The molecule has 1 rings (SSSR count). The maximum Gasteiger partial charge on any atom is 0.230 e. The number of amides is 2. The molecular weight excluding hydrogens is 206 g/mol. The molecule has 14 heavy (non-hydrogen) atoms. The topological polar surface area (TPSA) is 71.5 Å². The summed E-state index contributed by atoms with van der Waals surface area (Å²) in [6, 6.07) is 0. The van der Waals surface area contributed by atoms with Gasteiger partial charge >= 0.3 is 0 Å². The minimum Gasteiger partial charge on any atom is -0.290 e. The van der Waals surface area contributed by atoms with Crippen molar-refractivity contribution in [1.82, 2.24) is 4.90 Å². The first-order chi connectivity index (χ1) is 6.65. The molecule has 1 heterocycles. The van der Waals surface area contributed by atoms with Gasteiger partial charge < -0.3 is 0 Å². The van der Waals surface area contributed by atoms with Gasteiger partial charge in [-0.2, -0.15) is 0 Å². The average molecular weight is 214 g/mol. The molecule has 1 radical (unpaired) electrons. The fourth-order valence-electron chi connectivity index (χ4n) is 1.08. The summed E-state index contributed by atoms with van der Waals surface area (Å²) in [5, 5.41) is -0.364. The van der Waals surface area contributed by atoms with Crippen molar-refractivity contribution >= 4 is 35.0 Å². The van der Waals surface area contributed by atoms with Gasteiger partial charge in [0.15, 0.2) is 0 Å². The minimum absolute atomic E-state index is 0.0605. The normalized spacial score (nSPS) is 16.1. The van der Waals surface area contributed by atoms with Crippen LogP contribution in [0.15, 0.2) is 0 Å². The number of hydrogen-bond acceptors (Lipinski definition) is 5. The molecule has 1 aliphatic rings. The van der Waals surface area contributed by atoms with Crippen LogP contribution in [0.25, 0.3) is 0 Å². The monoisotopic (exact) mass is 214 g/mol. The van der Waals surface area contributed by atoms with E-state index in [1.54, 1.807) is 6.29 Å². The number of thioether (sulfide) groups is 1. The van der Waals surface area contributed by atoms with E-state index in [-0.39, 0.29) is 42.1 Å². The highest BCUT2D eigenvalue weighted by molar-refractivity contribution is 8.14. The lowest BCUT2D eigenvalue weighted by Gasteiger charge is -2.10. The molecule has 0 aliphatic carbocycles. The molecule has 0 atom stereocenters. The Hall–Kier alpha value is -1.17. The van der Waals surface area contributed by atoms with Crippen molar-refractivity contribution in [3.05, 3.63) is 0 Å². The van der Waals surface area contributed by atoms with Crippen LogP contribution in [0.4, 0.5) is 0 Å². The van der Waals surface area contributed by atoms with Crippen molar-refractivity contribution in [3.63, 3.8) is 0 Å². The first-order valence-corrected chi connectivity index (χ1v) is 4.97. The fourth-order valence-corrected chi connectivity index (χ4v) is 1.52. The zero-order valence-electron chi connectivity index (χ0n) is 7.32. The molecule has 1 fully saturated rings. The maximum atomic E-state index is 11.1. The Morgan fingerprint density at radius 1 is 1.36 bits per heavy atom. The Morgan fingerprint density at radius 3 is 2.43 bits per heavy atom. The second-order valence-corrected chi connectivity index (χ2v) is 3.71. The van der Waals surface area contributed by atoms with Crippen LogP contribution in [0.5, 0.6) is 0 Å². The number of carbonyl (C=O) groups excluding carboxylic acids is 4. The van der Waals surface area contributed by atoms with Gasteiger partial charge in [-0.15, -0.1) is 0 Å². The first kappa shape index (κ1) is 10.9. The molecule has 1 saturated heterocycles. The standard InChI is InChI=1S/C8H8NO4S/c10-3-4-14-8(13)5-9-6(11)1-2-7(9)12/h1-2,4-5H2. The molecule has 0 saturated carbocycles. The van der Waals surface area contributed by atoms with Gasteiger partial charge in [0.1, 0.15) is 0 Å². The Labute approximate surface area is 84.8 Å². The number of carbonyl (C=O) groups is 3. The molecule has 0 aromatic rings. The van der Waals surface area contributed by atoms with Crippen LogP contribution in [0, 0.1) is 0 Å². The van der Waals surface area contributed by atoms with Gasteiger partial charge in [0, 0.05) is 12.8 Å². The molecular formula is C8H8NO4S. The van der Waals surface area contributed by atoms with E-state index >= 15 is 0 Å². The molecule has 0 N–H and O–H groups in total. The third kappa shape index (κ3) is 2.66. The summed E-state index contributed by atoms with van der Waals surface area (Å²) in [5.41, 5.74) is 0. The molecule has 1 aliphatic heterocycles. The summed E-state index contributed by atoms with van der Waals surface area (Å²) in [6.07, 6.45) is 1.90. The smallest absolute Gasteiger partial charge is 0.230 e. The second kappa shape index (κ2) is 4.90. The van der Waals surface area contributed by atoms with Crippen molar-refractivity contribution in [2.75, 3.05) is 12.3 Å². The molecule has 0 aromatic heterocycles. The van der Waals surface area contributed by atoms with E-state index in [0.717, 1.165) is 16.7 Å². The SMILES string of the molecule is O=[C]CSC(=O)CN1C(=O)CCC1=O. The predicted octanol–water partition coefficient (Wildman–Crippen LogP) is -0.495. The highest BCUT2D eigenvalue weighted by Crippen LogP contribution is 2.13. The summed E-state index contributed by atoms with van der Waals surface area (Å²) in [5.74, 6) is -0.701. The van der Waals surface area contributed by atoms with E-state index < -0.39 is 0 Å². The van der Waals surface area contributed by atoms with E-state index in [1.165, 1.54) is 0 Å². The highest BCUT2D eigenvalue weighted by Gasteiger charge is 2.30. The van der Waals surface area contributed by atoms with Crippen molar-refractivity contribution in [3.8, 4) is 0 Å². The highest BCUT2D eigenvalue weighted by atomic mass is 32.2. The van der Waals surface area contributed by atoms with Crippen LogP contribution in [-0.4, -0.2) is 40.4 Å². The summed E-state index contributed by atoms with van der Waals surface area (Å²) in [7, 11) is 0. The zero-order chi connectivity index (χ0) is 10.6. The molecule has 5 nitrogen and oxygen atoms in total. The summed E-state index contributed by atoms with van der Waals surface area (Å²) in [4.78, 5) is 44.0. The minimum atomic E-state index is -0.364. The molecule has 0 aromatic carbocycles. The van der Waals surface area contributed by atoms with Gasteiger partial charge in [-0.05, 0) is 0 Å². The summed E-state index contributed by atoms with van der Waals surface area (Å²) >= 11 is 0.759. The van der Waals surface area contributed by atoms with Crippen LogP contribution >= 0.6 is 11.8 Å². The van der Waals surface area contributed by atoms with Gasteiger partial charge in [0.2, 0.25) is 23.2 Å². The number of imide groups is 1. The Morgan fingerprint density at radius 2 is 1.93 bits per heavy atom. The van der Waals surface area contributed by atoms with Gasteiger partial charge in [-0.25, -0.2) is 0 Å². The van der Waals surface area contributed by atoms with Crippen molar-refractivity contribution in [2.24, 2.45) is 0 Å². The number of rotatable bonds is 4. The Balaban J connectivity index is 2.42. The van der Waals surface area contributed by atoms with Crippen molar-refractivity contribution < 1.29 is 19.2 Å². The number of likely N-dealkylation sites (tertiary alicyclic amines) is 1. The average Bonchev–Trinajstić information content (AvgIpc) is 2.46. The van der Waals surface area contributed by atoms with E-state index in [4.69, 9.17) is 0 Å². The van der Waals surface area contributed by atoms with E-state index in [0.29, 0.717) is 0 Å². The molecule has 0 unspecified atom stereocenters. The molecule has 0 bridgehead atoms. The molecule has 0 spiro atoms. The zero-order valence-corrected chi connectivity index (χ0v) is 8.13. The number of hydrogen-bond donors (Lipinski definition) is 0. The van der Waals surface area contributed by atoms with Crippen LogP contribution in [0.3, 0.4) is 0 Å². The summed E-state index contributed by atoms with van der Waals surface area (Å²) < 4.78 is 0. The quantitative estimate of drug-likeness (QED) is 0.590. The van der Waals surface area contributed by atoms with Gasteiger partial charge in [-0.1, -0.05) is 11.8 Å². The summed E-state index contributed by atoms with van der Waals surface area (Å²) in [6.45, 7) is -0.232. The second-order valence-electron chi connectivity index (χ2n) is 2.68. The van der Waals surface area contributed by atoms with Gasteiger partial charge in [0.25, 0.3) is 0 Å². The van der Waals surface area contributed by atoms with Gasteiger partial charge in [0.05, 0.1) is 12.3 Å². The third-order valence-corrected chi connectivity index (χ3v) is 2.45. The fraction of sp³-hybridized carbons (Fsp3) is 0.500. The number of nitrogens with zero attached hydrogens (tertiary/aromatic N) is 1. The predicted molar refractivity (Wildman–Crippen MR) is 49.1 cm³/mol. The molecule has 75 valence electrons. The lowest BCUT2D eigenvalue weighted by atomic mass is 10.4. The maximum absolute atomic E-state index is 11.1. The molecule has 6 heteroatoms.